The van der Waals surface area contributed by atoms with E-state index in [2.05, 4.69) is 39.9 Å². The van der Waals surface area contributed by atoms with Crippen LogP contribution in [0, 0.1) is 10.8 Å². The van der Waals surface area contributed by atoms with Gasteiger partial charge in [0.05, 0.1) is 13.0 Å². The molecular formula is C14H30N2O2. The summed E-state index contributed by atoms with van der Waals surface area (Å²) >= 11 is 0. The van der Waals surface area contributed by atoms with Crippen LogP contribution in [0.3, 0.4) is 0 Å². The van der Waals surface area contributed by atoms with Crippen LogP contribution in [0.15, 0.2) is 0 Å². The third-order valence-electron chi connectivity index (χ3n) is 2.46. The van der Waals surface area contributed by atoms with Crippen molar-refractivity contribution in [3.63, 3.8) is 0 Å². The Morgan fingerprint density at radius 2 is 1.78 bits per heavy atom. The van der Waals surface area contributed by atoms with Crippen LogP contribution in [0.2, 0.25) is 0 Å². The quantitative estimate of drug-likeness (QED) is 0.516. The first-order valence-corrected chi connectivity index (χ1v) is 6.73. The highest BCUT2D eigenvalue weighted by atomic mass is 16.5. The van der Waals surface area contributed by atoms with Crippen LogP contribution in [0.4, 0.5) is 0 Å². The highest BCUT2D eigenvalue weighted by molar-refractivity contribution is 5.69. The van der Waals surface area contributed by atoms with Crippen LogP contribution in [-0.4, -0.2) is 32.2 Å². The molecule has 4 nitrogen and oxygen atoms in total. The van der Waals surface area contributed by atoms with Crippen molar-refractivity contribution >= 4 is 5.97 Å². The van der Waals surface area contributed by atoms with Gasteiger partial charge in [0.2, 0.25) is 0 Å². The molecule has 0 aliphatic rings. The summed E-state index contributed by atoms with van der Waals surface area (Å²) in [5, 5.41) is 3.08. The van der Waals surface area contributed by atoms with Gasteiger partial charge >= 0.3 is 5.97 Å². The van der Waals surface area contributed by atoms with E-state index in [1.54, 1.807) is 0 Å². The number of carbonyl (C=O) groups excluding carboxylic acids is 1. The zero-order valence-corrected chi connectivity index (χ0v) is 12.6. The topological polar surface area (TPSA) is 64.3 Å². The number of esters is 1. The van der Waals surface area contributed by atoms with Crippen molar-refractivity contribution in [2.75, 3.05) is 26.2 Å². The van der Waals surface area contributed by atoms with Crippen LogP contribution < -0.4 is 11.1 Å². The molecule has 0 aromatic rings. The lowest BCUT2D eigenvalue weighted by atomic mass is 9.77. The molecule has 0 unspecified atom stereocenters. The Labute approximate surface area is 112 Å². The highest BCUT2D eigenvalue weighted by Gasteiger charge is 2.26. The number of nitrogens with two attached hydrogens (primary N) is 1. The van der Waals surface area contributed by atoms with Crippen LogP contribution in [-0.2, 0) is 9.53 Å². The molecule has 18 heavy (non-hydrogen) atoms. The van der Waals surface area contributed by atoms with Gasteiger partial charge in [-0.3, -0.25) is 4.79 Å². The van der Waals surface area contributed by atoms with Gasteiger partial charge in [-0.15, -0.1) is 0 Å². The van der Waals surface area contributed by atoms with E-state index in [1.807, 2.05) is 0 Å². The molecule has 0 atom stereocenters. The van der Waals surface area contributed by atoms with Crippen molar-refractivity contribution in [3.05, 3.63) is 0 Å². The number of ether oxygens (including phenoxy) is 1. The summed E-state index contributed by atoms with van der Waals surface area (Å²) in [5.41, 5.74) is 5.62. The van der Waals surface area contributed by atoms with Crippen LogP contribution in [0.25, 0.3) is 0 Å². The summed E-state index contributed by atoms with van der Waals surface area (Å²) in [4.78, 5) is 11.5. The molecule has 0 spiro atoms. The average Bonchev–Trinajstić information content (AvgIpc) is 2.18. The molecule has 0 amide bonds. The Bertz CT molecular complexity index is 245. The van der Waals surface area contributed by atoms with Gasteiger partial charge < -0.3 is 15.8 Å². The molecule has 108 valence electrons. The van der Waals surface area contributed by atoms with E-state index in [9.17, 15) is 4.79 Å². The molecule has 0 bridgehead atoms. The number of hydrogen-bond donors (Lipinski definition) is 2. The Kier molecular flexibility index (Phi) is 7.48. The first kappa shape index (κ1) is 17.4. The molecule has 0 aliphatic heterocycles. The highest BCUT2D eigenvalue weighted by Crippen LogP contribution is 2.33. The number of carbonyl (C=O) groups is 1. The molecule has 0 aliphatic carbocycles. The smallest absolute Gasteiger partial charge is 0.307 e. The van der Waals surface area contributed by atoms with E-state index >= 15 is 0 Å². The fourth-order valence-electron chi connectivity index (χ4n) is 2.25. The molecule has 0 aromatic heterocycles. The van der Waals surface area contributed by atoms with Crippen molar-refractivity contribution < 1.29 is 9.53 Å². The summed E-state index contributed by atoms with van der Waals surface area (Å²) in [6.07, 6.45) is 1.43. The summed E-state index contributed by atoms with van der Waals surface area (Å²) in [7, 11) is 0. The molecular weight excluding hydrogens is 228 g/mol. The Balaban J connectivity index is 3.83. The standard InChI is InChI=1S/C14H30N2O2/c1-13(2,3)10-14(4,5)11-18-12(17)6-8-16-9-7-15/h16H,6-11,15H2,1-5H3. The molecule has 0 saturated carbocycles. The van der Waals surface area contributed by atoms with Crippen molar-refractivity contribution in [3.8, 4) is 0 Å². The first-order valence-electron chi connectivity index (χ1n) is 6.73. The SMILES string of the molecule is CC(C)(C)CC(C)(C)COC(=O)CCNCCN. The van der Waals surface area contributed by atoms with Crippen molar-refractivity contribution in [2.24, 2.45) is 16.6 Å². The third kappa shape index (κ3) is 10.5. The predicted octanol–water partition coefficient (Wildman–Crippen LogP) is 1.93. The summed E-state index contributed by atoms with van der Waals surface area (Å²) in [5.74, 6) is -0.137. The van der Waals surface area contributed by atoms with Crippen LogP contribution >= 0.6 is 0 Å². The van der Waals surface area contributed by atoms with Gasteiger partial charge in [0.1, 0.15) is 0 Å². The monoisotopic (exact) mass is 258 g/mol. The fourth-order valence-corrected chi connectivity index (χ4v) is 2.25. The normalized spacial score (nSPS) is 12.6. The van der Waals surface area contributed by atoms with E-state index in [1.165, 1.54) is 0 Å². The van der Waals surface area contributed by atoms with E-state index in [0.717, 1.165) is 13.0 Å². The number of nitrogens with one attached hydrogen (secondary N) is 1. The summed E-state index contributed by atoms with van der Waals surface area (Å²) in [6, 6.07) is 0. The second-order valence-corrected chi connectivity index (χ2v) is 6.85. The van der Waals surface area contributed by atoms with E-state index < -0.39 is 0 Å². The second-order valence-electron chi connectivity index (χ2n) is 6.85. The maximum Gasteiger partial charge on any atom is 0.307 e. The number of rotatable bonds is 8. The van der Waals surface area contributed by atoms with Gasteiger partial charge in [-0.1, -0.05) is 34.6 Å². The van der Waals surface area contributed by atoms with E-state index in [-0.39, 0.29) is 16.8 Å². The van der Waals surface area contributed by atoms with E-state index in [4.69, 9.17) is 10.5 Å². The largest absolute Gasteiger partial charge is 0.465 e. The van der Waals surface area contributed by atoms with Gasteiger partial charge in [0.25, 0.3) is 0 Å². The average molecular weight is 258 g/mol. The van der Waals surface area contributed by atoms with Crippen molar-refractivity contribution in [2.45, 2.75) is 47.5 Å². The number of hydrogen-bond acceptors (Lipinski definition) is 4. The lowest BCUT2D eigenvalue weighted by molar-refractivity contribution is -0.147. The van der Waals surface area contributed by atoms with Gasteiger partial charge in [-0.05, 0) is 17.3 Å². The fraction of sp³-hybridized carbons (Fsp3) is 0.929. The van der Waals surface area contributed by atoms with Crippen LogP contribution in [0.5, 0.6) is 0 Å². The van der Waals surface area contributed by atoms with Crippen molar-refractivity contribution in [1.82, 2.24) is 5.32 Å². The zero-order chi connectivity index (χ0) is 14.2. The molecule has 0 aromatic carbocycles. The molecule has 0 radical (unpaired) electrons. The molecule has 3 N–H and O–H groups in total. The maximum absolute atomic E-state index is 11.5. The summed E-state index contributed by atoms with van der Waals surface area (Å²) in [6.45, 7) is 13.3. The summed E-state index contributed by atoms with van der Waals surface area (Å²) < 4.78 is 5.32. The third-order valence-corrected chi connectivity index (χ3v) is 2.46. The van der Waals surface area contributed by atoms with Gasteiger partial charge in [-0.2, -0.15) is 0 Å². The van der Waals surface area contributed by atoms with Crippen LogP contribution in [0.1, 0.15) is 47.5 Å². The Morgan fingerprint density at radius 1 is 1.17 bits per heavy atom. The first-order chi connectivity index (χ1) is 8.16. The zero-order valence-electron chi connectivity index (χ0n) is 12.6. The maximum atomic E-state index is 11.5. The molecule has 0 heterocycles. The lowest BCUT2D eigenvalue weighted by Crippen LogP contribution is -2.29. The Morgan fingerprint density at radius 3 is 2.28 bits per heavy atom. The minimum Gasteiger partial charge on any atom is -0.465 e. The molecule has 0 fully saturated rings. The Hall–Kier alpha value is -0.610. The van der Waals surface area contributed by atoms with Gasteiger partial charge in [0, 0.05) is 19.6 Å². The lowest BCUT2D eigenvalue weighted by Gasteiger charge is -2.31. The van der Waals surface area contributed by atoms with E-state index in [0.29, 0.717) is 26.1 Å². The minimum absolute atomic E-state index is 0.0264. The molecule has 0 saturated heterocycles. The second kappa shape index (κ2) is 7.74. The minimum atomic E-state index is -0.137. The molecule has 4 heteroatoms. The predicted molar refractivity (Wildman–Crippen MR) is 75.4 cm³/mol. The van der Waals surface area contributed by atoms with Gasteiger partial charge in [-0.25, -0.2) is 0 Å². The van der Waals surface area contributed by atoms with Crippen molar-refractivity contribution in [1.29, 1.82) is 0 Å². The molecule has 0 rings (SSSR count). The van der Waals surface area contributed by atoms with Gasteiger partial charge in [0.15, 0.2) is 0 Å².